The van der Waals surface area contributed by atoms with Crippen LogP contribution in [-0.4, -0.2) is 28.3 Å². The van der Waals surface area contributed by atoms with E-state index in [1.165, 1.54) is 21.6 Å². The predicted molar refractivity (Wildman–Crippen MR) is 123 cm³/mol. The van der Waals surface area contributed by atoms with E-state index in [1.54, 1.807) is 22.2 Å². The van der Waals surface area contributed by atoms with Crippen LogP contribution in [0.1, 0.15) is 48.3 Å². The molecule has 1 atom stereocenters. The summed E-state index contributed by atoms with van der Waals surface area (Å²) in [6.07, 6.45) is 5.72. The first kappa shape index (κ1) is 21.2. The Hall–Kier alpha value is -2.02. The standard InChI is InChI=1S/C24H31N3O2S/c1-16(2)29-12-6-11-27-15-26-23-22(24(27)28)20-10-9-19(13-21(20)30-23)25-14-18-8-5-4-7-17(18)3/h4-5,7-8,15-16,19,25H,6,9-14H2,1-3H3. The third-order valence-corrected chi connectivity index (χ3v) is 7.04. The molecule has 0 aliphatic heterocycles. The smallest absolute Gasteiger partial charge is 0.262 e. The molecule has 0 saturated heterocycles. The van der Waals surface area contributed by atoms with Gasteiger partial charge in [0.05, 0.1) is 17.8 Å². The lowest BCUT2D eigenvalue weighted by Gasteiger charge is -2.24. The summed E-state index contributed by atoms with van der Waals surface area (Å²) in [4.78, 5) is 19.9. The first-order valence-electron chi connectivity index (χ1n) is 10.9. The van der Waals surface area contributed by atoms with E-state index < -0.39 is 0 Å². The van der Waals surface area contributed by atoms with Crippen molar-refractivity contribution in [2.45, 2.75) is 71.7 Å². The summed E-state index contributed by atoms with van der Waals surface area (Å²) in [6, 6.07) is 8.98. The van der Waals surface area contributed by atoms with Crippen molar-refractivity contribution in [1.29, 1.82) is 0 Å². The number of ether oxygens (including phenoxy) is 1. The van der Waals surface area contributed by atoms with Gasteiger partial charge in [-0.3, -0.25) is 9.36 Å². The fraction of sp³-hybridized carbons (Fsp3) is 0.500. The lowest BCUT2D eigenvalue weighted by atomic mass is 9.93. The number of aromatic nitrogens is 2. The van der Waals surface area contributed by atoms with Gasteiger partial charge in [-0.2, -0.15) is 0 Å². The van der Waals surface area contributed by atoms with Crippen LogP contribution < -0.4 is 10.9 Å². The highest BCUT2D eigenvalue weighted by atomic mass is 32.1. The third kappa shape index (κ3) is 4.66. The second kappa shape index (κ2) is 9.41. The summed E-state index contributed by atoms with van der Waals surface area (Å²) >= 11 is 1.69. The van der Waals surface area contributed by atoms with Gasteiger partial charge in [0, 0.05) is 30.6 Å². The molecule has 30 heavy (non-hydrogen) atoms. The maximum atomic E-state index is 13.1. The SMILES string of the molecule is Cc1ccccc1CNC1CCc2c(sc3ncn(CCCOC(C)C)c(=O)c23)C1. The molecule has 3 aromatic rings. The van der Waals surface area contributed by atoms with Gasteiger partial charge in [0.15, 0.2) is 0 Å². The van der Waals surface area contributed by atoms with E-state index in [2.05, 4.69) is 41.5 Å². The fourth-order valence-corrected chi connectivity index (χ4v) is 5.41. The van der Waals surface area contributed by atoms with Gasteiger partial charge in [-0.05, 0) is 63.1 Å². The molecule has 0 amide bonds. The number of nitrogens with one attached hydrogen (secondary N) is 1. The van der Waals surface area contributed by atoms with Gasteiger partial charge in [-0.15, -0.1) is 11.3 Å². The van der Waals surface area contributed by atoms with E-state index in [4.69, 9.17) is 4.74 Å². The Morgan fingerprint density at radius 3 is 2.97 bits per heavy atom. The zero-order valence-electron chi connectivity index (χ0n) is 18.1. The number of hydrogen-bond donors (Lipinski definition) is 1. The molecule has 5 nitrogen and oxygen atoms in total. The molecule has 1 unspecified atom stereocenters. The van der Waals surface area contributed by atoms with Crippen LogP contribution in [0.25, 0.3) is 10.2 Å². The number of thiophene rings is 1. The molecule has 0 spiro atoms. The monoisotopic (exact) mass is 425 g/mol. The number of nitrogens with zero attached hydrogens (tertiary/aromatic N) is 2. The molecule has 4 rings (SSSR count). The molecule has 2 aromatic heterocycles. The number of fused-ring (bicyclic) bond motifs is 3. The zero-order valence-corrected chi connectivity index (χ0v) is 18.9. The van der Waals surface area contributed by atoms with Crippen molar-refractivity contribution in [1.82, 2.24) is 14.9 Å². The molecule has 1 aliphatic carbocycles. The molecule has 0 saturated carbocycles. The minimum absolute atomic E-state index is 0.105. The van der Waals surface area contributed by atoms with E-state index in [-0.39, 0.29) is 11.7 Å². The first-order valence-corrected chi connectivity index (χ1v) is 11.7. The zero-order chi connectivity index (χ0) is 21.1. The molecular weight excluding hydrogens is 394 g/mol. The number of rotatable bonds is 8. The van der Waals surface area contributed by atoms with Crippen LogP contribution in [0.4, 0.5) is 0 Å². The second-order valence-corrected chi connectivity index (χ2v) is 9.53. The average molecular weight is 426 g/mol. The molecule has 0 radical (unpaired) electrons. The fourth-order valence-electron chi connectivity index (χ4n) is 4.15. The summed E-state index contributed by atoms with van der Waals surface area (Å²) in [5, 5.41) is 4.57. The Bertz CT molecular complexity index is 1070. The molecule has 2 heterocycles. The minimum atomic E-state index is 0.105. The third-order valence-electron chi connectivity index (χ3n) is 5.87. The van der Waals surface area contributed by atoms with Crippen molar-refractivity contribution in [2.24, 2.45) is 0 Å². The van der Waals surface area contributed by atoms with Gasteiger partial charge >= 0.3 is 0 Å². The second-order valence-electron chi connectivity index (χ2n) is 8.45. The van der Waals surface area contributed by atoms with Gasteiger partial charge in [0.1, 0.15) is 4.83 Å². The Labute approximate surface area is 182 Å². The van der Waals surface area contributed by atoms with Crippen molar-refractivity contribution >= 4 is 21.6 Å². The van der Waals surface area contributed by atoms with Crippen LogP contribution in [0.5, 0.6) is 0 Å². The van der Waals surface area contributed by atoms with Crippen LogP contribution >= 0.6 is 11.3 Å². The van der Waals surface area contributed by atoms with Gasteiger partial charge in [-0.1, -0.05) is 24.3 Å². The van der Waals surface area contributed by atoms with Crippen molar-refractivity contribution in [2.75, 3.05) is 6.61 Å². The summed E-state index contributed by atoms with van der Waals surface area (Å²) < 4.78 is 7.35. The van der Waals surface area contributed by atoms with E-state index in [1.807, 2.05) is 13.8 Å². The van der Waals surface area contributed by atoms with Gasteiger partial charge < -0.3 is 10.1 Å². The molecule has 0 fully saturated rings. The summed E-state index contributed by atoms with van der Waals surface area (Å²) in [7, 11) is 0. The van der Waals surface area contributed by atoms with Crippen LogP contribution in [-0.2, 0) is 30.7 Å². The summed E-state index contributed by atoms with van der Waals surface area (Å²) in [5.41, 5.74) is 4.01. The quantitative estimate of drug-likeness (QED) is 0.549. The van der Waals surface area contributed by atoms with Crippen molar-refractivity contribution in [3.05, 3.63) is 62.5 Å². The highest BCUT2D eigenvalue weighted by molar-refractivity contribution is 7.18. The van der Waals surface area contributed by atoms with E-state index >= 15 is 0 Å². The number of benzene rings is 1. The number of aryl methyl sites for hydroxylation is 3. The lowest BCUT2D eigenvalue weighted by molar-refractivity contribution is 0.0747. The van der Waals surface area contributed by atoms with Crippen LogP contribution in [0.15, 0.2) is 35.4 Å². The summed E-state index contributed by atoms with van der Waals surface area (Å²) in [5.74, 6) is 0. The molecule has 0 bridgehead atoms. The van der Waals surface area contributed by atoms with Crippen molar-refractivity contribution in [3.8, 4) is 0 Å². The van der Waals surface area contributed by atoms with Gasteiger partial charge in [0.25, 0.3) is 5.56 Å². The topological polar surface area (TPSA) is 56.1 Å². The highest BCUT2D eigenvalue weighted by Crippen LogP contribution is 2.33. The van der Waals surface area contributed by atoms with Crippen LogP contribution in [0.3, 0.4) is 0 Å². The maximum absolute atomic E-state index is 13.1. The minimum Gasteiger partial charge on any atom is -0.379 e. The van der Waals surface area contributed by atoms with E-state index in [0.29, 0.717) is 19.2 Å². The lowest BCUT2D eigenvalue weighted by Crippen LogP contribution is -2.34. The van der Waals surface area contributed by atoms with E-state index in [0.717, 1.165) is 42.4 Å². The normalized spacial score (nSPS) is 16.3. The molecule has 1 N–H and O–H groups in total. The summed E-state index contributed by atoms with van der Waals surface area (Å²) in [6.45, 7) is 8.42. The van der Waals surface area contributed by atoms with Crippen LogP contribution in [0.2, 0.25) is 0 Å². The molecular formula is C24H31N3O2S. The Morgan fingerprint density at radius 2 is 2.17 bits per heavy atom. The van der Waals surface area contributed by atoms with Gasteiger partial charge in [-0.25, -0.2) is 4.98 Å². The van der Waals surface area contributed by atoms with E-state index in [9.17, 15) is 4.79 Å². The van der Waals surface area contributed by atoms with Gasteiger partial charge in [0.2, 0.25) is 0 Å². The average Bonchev–Trinajstić information content (AvgIpc) is 3.10. The first-order chi connectivity index (χ1) is 14.5. The highest BCUT2D eigenvalue weighted by Gasteiger charge is 2.25. The maximum Gasteiger partial charge on any atom is 0.262 e. The Morgan fingerprint density at radius 1 is 1.33 bits per heavy atom. The Balaban J connectivity index is 1.45. The predicted octanol–water partition coefficient (Wildman–Crippen LogP) is 4.23. The Kier molecular flexibility index (Phi) is 6.66. The molecule has 6 heteroatoms. The molecule has 1 aliphatic rings. The largest absolute Gasteiger partial charge is 0.379 e. The number of hydrogen-bond acceptors (Lipinski definition) is 5. The molecule has 1 aromatic carbocycles. The molecule has 160 valence electrons. The van der Waals surface area contributed by atoms with Crippen molar-refractivity contribution in [3.63, 3.8) is 0 Å². The van der Waals surface area contributed by atoms with Crippen LogP contribution in [0, 0.1) is 6.92 Å². The van der Waals surface area contributed by atoms with Crippen molar-refractivity contribution < 1.29 is 4.74 Å².